The maximum atomic E-state index is 13.4. The zero-order valence-electron chi connectivity index (χ0n) is 16.8. The number of esters is 1. The van der Waals surface area contributed by atoms with E-state index in [-0.39, 0.29) is 5.91 Å². The highest BCUT2D eigenvalue weighted by molar-refractivity contribution is 9.10. The van der Waals surface area contributed by atoms with Crippen LogP contribution in [0, 0.1) is 0 Å². The van der Waals surface area contributed by atoms with E-state index in [2.05, 4.69) is 26.2 Å². The van der Waals surface area contributed by atoms with E-state index in [1.165, 1.54) is 18.4 Å². The van der Waals surface area contributed by atoms with Crippen LogP contribution < -0.4 is 5.32 Å². The summed E-state index contributed by atoms with van der Waals surface area (Å²) >= 11 is 4.84. The van der Waals surface area contributed by atoms with Gasteiger partial charge in [-0.1, -0.05) is 22.9 Å². The summed E-state index contributed by atoms with van der Waals surface area (Å²) in [7, 11) is 1.32. The highest BCUT2D eigenvalue weighted by Crippen LogP contribution is 2.32. The van der Waals surface area contributed by atoms with Crippen LogP contribution in [-0.2, 0) is 11.2 Å². The lowest BCUT2D eigenvalue weighted by molar-refractivity contribution is 0.0602. The first-order chi connectivity index (χ1) is 15.0. The summed E-state index contributed by atoms with van der Waals surface area (Å²) in [5.41, 5.74) is 2.93. The second-order valence-electron chi connectivity index (χ2n) is 6.71. The lowest BCUT2D eigenvalue weighted by Crippen LogP contribution is -2.14. The van der Waals surface area contributed by atoms with Gasteiger partial charge in [-0.25, -0.2) is 9.78 Å². The molecule has 3 heterocycles. The minimum atomic E-state index is -0.482. The van der Waals surface area contributed by atoms with Crippen molar-refractivity contribution in [2.45, 2.75) is 13.3 Å². The zero-order chi connectivity index (χ0) is 22.0. The predicted molar refractivity (Wildman–Crippen MR) is 126 cm³/mol. The van der Waals surface area contributed by atoms with Crippen LogP contribution in [0.15, 0.2) is 59.3 Å². The number of halogens is 1. The van der Waals surface area contributed by atoms with Gasteiger partial charge in [-0.3, -0.25) is 9.78 Å². The fourth-order valence-corrected chi connectivity index (χ4v) is 4.53. The number of pyridine rings is 2. The number of carbonyl (C=O) groups excluding carboxylic acids is 2. The number of methoxy groups -OCH3 is 1. The molecule has 4 rings (SSSR count). The molecule has 8 heteroatoms. The van der Waals surface area contributed by atoms with Crippen molar-refractivity contribution < 1.29 is 14.3 Å². The molecule has 0 aliphatic carbocycles. The molecule has 0 saturated heterocycles. The Bertz CT molecular complexity index is 1290. The van der Waals surface area contributed by atoms with E-state index in [4.69, 9.17) is 9.72 Å². The first-order valence-corrected chi connectivity index (χ1v) is 11.1. The van der Waals surface area contributed by atoms with E-state index >= 15 is 0 Å². The average molecular weight is 496 g/mol. The summed E-state index contributed by atoms with van der Waals surface area (Å²) in [6, 6.07) is 12.8. The van der Waals surface area contributed by atoms with Crippen molar-refractivity contribution in [3.05, 3.63) is 75.3 Å². The van der Waals surface area contributed by atoms with Crippen molar-refractivity contribution in [1.82, 2.24) is 9.97 Å². The summed E-state index contributed by atoms with van der Waals surface area (Å²) in [6.07, 6.45) is 4.14. The third kappa shape index (κ3) is 4.35. The number of amides is 1. The number of aromatic nitrogens is 2. The van der Waals surface area contributed by atoms with Gasteiger partial charge in [0.05, 0.1) is 29.4 Å². The number of carbonyl (C=O) groups is 2. The van der Waals surface area contributed by atoms with Gasteiger partial charge in [-0.05, 0) is 48.9 Å². The zero-order valence-corrected chi connectivity index (χ0v) is 19.2. The Morgan fingerprint density at radius 1 is 1.16 bits per heavy atom. The van der Waals surface area contributed by atoms with Gasteiger partial charge in [-0.15, -0.1) is 11.3 Å². The molecular weight excluding hydrogens is 478 g/mol. The van der Waals surface area contributed by atoms with Gasteiger partial charge in [-0.2, -0.15) is 0 Å². The second kappa shape index (κ2) is 8.95. The number of benzene rings is 1. The molecule has 1 amide bonds. The molecule has 3 aromatic heterocycles. The molecule has 4 aromatic rings. The van der Waals surface area contributed by atoms with Crippen molar-refractivity contribution in [1.29, 1.82) is 0 Å². The Morgan fingerprint density at radius 3 is 2.71 bits per heavy atom. The summed E-state index contributed by atoms with van der Waals surface area (Å²) < 4.78 is 5.72. The number of hydrogen-bond acceptors (Lipinski definition) is 6. The summed E-state index contributed by atoms with van der Waals surface area (Å²) in [5, 5.41) is 4.08. The van der Waals surface area contributed by atoms with Crippen molar-refractivity contribution >= 4 is 55.0 Å². The van der Waals surface area contributed by atoms with Crippen LogP contribution in [0.4, 0.5) is 5.00 Å². The van der Waals surface area contributed by atoms with E-state index in [1.54, 1.807) is 24.5 Å². The number of nitrogens with zero attached hydrogens (tertiary/aromatic N) is 2. The molecule has 0 aliphatic heterocycles. The van der Waals surface area contributed by atoms with Crippen LogP contribution in [0.25, 0.3) is 22.2 Å². The summed E-state index contributed by atoms with van der Waals surface area (Å²) in [5.74, 6) is -0.810. The Morgan fingerprint density at radius 2 is 2.00 bits per heavy atom. The van der Waals surface area contributed by atoms with Gasteiger partial charge in [0.2, 0.25) is 0 Å². The molecule has 0 aliphatic rings. The minimum absolute atomic E-state index is 0.328. The molecular formula is C23H18BrN3O3S. The molecule has 1 aromatic carbocycles. The molecule has 0 saturated carbocycles. The third-order valence-electron chi connectivity index (χ3n) is 4.74. The van der Waals surface area contributed by atoms with Crippen LogP contribution in [0.1, 0.15) is 32.5 Å². The number of anilines is 1. The Balaban J connectivity index is 1.82. The molecule has 156 valence electrons. The molecule has 0 bridgehead atoms. The van der Waals surface area contributed by atoms with Crippen LogP contribution >= 0.6 is 27.3 Å². The fraction of sp³-hybridized carbons (Fsp3) is 0.130. The molecule has 0 atom stereocenters. The van der Waals surface area contributed by atoms with Crippen LogP contribution in [0.5, 0.6) is 0 Å². The first-order valence-electron chi connectivity index (χ1n) is 9.53. The van der Waals surface area contributed by atoms with Gasteiger partial charge in [0.25, 0.3) is 5.91 Å². The lowest BCUT2D eigenvalue weighted by atomic mass is 10.0. The molecule has 0 spiro atoms. The number of fused-ring (bicyclic) bond motifs is 1. The quantitative estimate of drug-likeness (QED) is 0.358. The Labute approximate surface area is 191 Å². The molecule has 31 heavy (non-hydrogen) atoms. The lowest BCUT2D eigenvalue weighted by Gasteiger charge is -2.11. The number of nitrogens with one attached hydrogen (secondary N) is 1. The number of ether oxygens (including phenoxy) is 1. The third-order valence-corrected chi connectivity index (χ3v) is 6.42. The molecule has 0 radical (unpaired) electrons. The number of thiophene rings is 1. The summed E-state index contributed by atoms with van der Waals surface area (Å²) in [4.78, 5) is 35.4. The molecule has 6 nitrogen and oxygen atoms in total. The number of hydrogen-bond donors (Lipinski definition) is 1. The van der Waals surface area contributed by atoms with Gasteiger partial charge in [0.1, 0.15) is 5.00 Å². The predicted octanol–water partition coefficient (Wildman–Crippen LogP) is 5.72. The van der Waals surface area contributed by atoms with Gasteiger partial charge >= 0.3 is 5.97 Å². The normalized spacial score (nSPS) is 10.8. The maximum Gasteiger partial charge on any atom is 0.340 e. The standard InChI is InChI=1S/C23H18BrN3O3S/c1-3-15-10-18(23(29)30-2)22(31-15)27-21(28)17-11-20(13-5-4-8-25-12-13)26-19-7-6-14(24)9-16(17)19/h4-12H,3H2,1-2H3,(H,27,28). The first kappa shape index (κ1) is 21.1. The van der Waals surface area contributed by atoms with Crippen molar-refractivity contribution in [3.8, 4) is 11.3 Å². The van der Waals surface area contributed by atoms with E-state index in [0.717, 1.165) is 21.3 Å². The van der Waals surface area contributed by atoms with Gasteiger partial charge in [0, 0.05) is 32.7 Å². The van der Waals surface area contributed by atoms with Crippen molar-refractivity contribution in [2.24, 2.45) is 0 Å². The largest absolute Gasteiger partial charge is 0.465 e. The summed E-state index contributed by atoms with van der Waals surface area (Å²) in [6.45, 7) is 1.99. The fourth-order valence-electron chi connectivity index (χ4n) is 3.19. The Hall–Kier alpha value is -3.10. The monoisotopic (exact) mass is 495 g/mol. The van der Waals surface area contributed by atoms with Crippen LogP contribution in [0.2, 0.25) is 0 Å². The van der Waals surface area contributed by atoms with Crippen molar-refractivity contribution in [3.63, 3.8) is 0 Å². The second-order valence-corrected chi connectivity index (χ2v) is 8.77. The number of rotatable bonds is 5. The highest BCUT2D eigenvalue weighted by atomic mass is 79.9. The molecule has 0 unspecified atom stereocenters. The smallest absolute Gasteiger partial charge is 0.340 e. The highest BCUT2D eigenvalue weighted by Gasteiger charge is 2.21. The topological polar surface area (TPSA) is 81.2 Å². The van der Waals surface area contributed by atoms with Gasteiger partial charge < -0.3 is 10.1 Å². The average Bonchev–Trinajstić information content (AvgIpc) is 3.21. The minimum Gasteiger partial charge on any atom is -0.465 e. The maximum absolute atomic E-state index is 13.4. The Kier molecular flexibility index (Phi) is 6.11. The van der Waals surface area contributed by atoms with E-state index in [1.807, 2.05) is 37.3 Å². The molecule has 0 fully saturated rings. The SMILES string of the molecule is CCc1cc(C(=O)OC)c(NC(=O)c2cc(-c3cccnc3)nc3ccc(Br)cc23)s1. The van der Waals surface area contributed by atoms with Crippen LogP contribution in [0.3, 0.4) is 0 Å². The van der Waals surface area contributed by atoms with Crippen molar-refractivity contribution in [2.75, 3.05) is 12.4 Å². The van der Waals surface area contributed by atoms with E-state index < -0.39 is 5.97 Å². The van der Waals surface area contributed by atoms with E-state index in [9.17, 15) is 9.59 Å². The molecule has 1 N–H and O–H groups in total. The van der Waals surface area contributed by atoms with Crippen LogP contribution in [-0.4, -0.2) is 29.0 Å². The van der Waals surface area contributed by atoms with E-state index in [0.29, 0.717) is 32.7 Å². The van der Waals surface area contributed by atoms with Gasteiger partial charge in [0.15, 0.2) is 0 Å². The number of aryl methyl sites for hydroxylation is 1.